The molecule has 1 aromatic heterocycles. The summed E-state index contributed by atoms with van der Waals surface area (Å²) in [4.78, 5) is 31.1. The monoisotopic (exact) mass is 306 g/mol. The summed E-state index contributed by atoms with van der Waals surface area (Å²) < 4.78 is 0. The van der Waals surface area contributed by atoms with Crippen LogP contribution in [0.5, 0.6) is 0 Å². The predicted octanol–water partition coefficient (Wildman–Crippen LogP) is 2.27. The quantitative estimate of drug-likeness (QED) is 0.691. The average molecular weight is 306 g/mol. The van der Waals surface area contributed by atoms with Gasteiger partial charge in [-0.3, -0.25) is 9.59 Å². The fourth-order valence-electron chi connectivity index (χ4n) is 2.12. The van der Waals surface area contributed by atoms with E-state index in [1.54, 1.807) is 42.5 Å². The summed E-state index contributed by atoms with van der Waals surface area (Å²) in [6, 6.07) is 17.7. The minimum absolute atomic E-state index is 0.0307. The Bertz CT molecular complexity index is 889. The highest BCUT2D eigenvalue weighted by Gasteiger charge is 2.14. The molecule has 114 valence electrons. The number of rotatable bonds is 3. The van der Waals surface area contributed by atoms with E-state index in [1.165, 1.54) is 0 Å². The van der Waals surface area contributed by atoms with Gasteiger partial charge in [-0.05, 0) is 12.1 Å². The number of nitrogens with two attached hydrogens (primary N) is 1. The van der Waals surface area contributed by atoms with E-state index < -0.39 is 11.5 Å². The van der Waals surface area contributed by atoms with Gasteiger partial charge >= 0.3 is 0 Å². The first kappa shape index (κ1) is 14.5. The Hall–Kier alpha value is -3.41. The number of nitrogens with one attached hydrogen (secondary N) is 2. The maximum Gasteiger partial charge on any atom is 0.277 e. The SMILES string of the molecule is Nc1nc(-c2ccccc2)[nH]c(=O)c1NC(=O)c1ccccc1. The second-order valence-corrected chi connectivity index (χ2v) is 4.86. The van der Waals surface area contributed by atoms with Gasteiger partial charge in [0.15, 0.2) is 5.82 Å². The van der Waals surface area contributed by atoms with Gasteiger partial charge in [-0.2, -0.15) is 0 Å². The molecule has 3 aromatic rings. The lowest BCUT2D eigenvalue weighted by Gasteiger charge is -2.08. The summed E-state index contributed by atoms with van der Waals surface area (Å²) >= 11 is 0. The minimum atomic E-state index is -0.499. The van der Waals surface area contributed by atoms with Gasteiger partial charge in [0.1, 0.15) is 11.5 Å². The molecule has 0 aliphatic heterocycles. The van der Waals surface area contributed by atoms with Crippen LogP contribution in [0.2, 0.25) is 0 Å². The van der Waals surface area contributed by atoms with E-state index in [1.807, 2.05) is 18.2 Å². The molecule has 4 N–H and O–H groups in total. The van der Waals surface area contributed by atoms with Gasteiger partial charge in [0.25, 0.3) is 11.5 Å². The van der Waals surface area contributed by atoms with Crippen LogP contribution < -0.4 is 16.6 Å². The van der Waals surface area contributed by atoms with Gasteiger partial charge < -0.3 is 16.0 Å². The highest BCUT2D eigenvalue weighted by molar-refractivity contribution is 6.05. The summed E-state index contributed by atoms with van der Waals surface area (Å²) in [5.41, 5.74) is 6.45. The first-order valence-corrected chi connectivity index (χ1v) is 6.97. The zero-order valence-electron chi connectivity index (χ0n) is 12.1. The van der Waals surface area contributed by atoms with Crippen LogP contribution in [0.3, 0.4) is 0 Å². The Balaban J connectivity index is 1.93. The highest BCUT2D eigenvalue weighted by Crippen LogP contribution is 2.17. The molecule has 0 radical (unpaired) electrons. The third-order valence-electron chi connectivity index (χ3n) is 3.27. The average Bonchev–Trinajstić information content (AvgIpc) is 2.59. The summed E-state index contributed by atoms with van der Waals surface area (Å²) in [5.74, 6) is -0.0974. The van der Waals surface area contributed by atoms with Crippen LogP contribution in [-0.4, -0.2) is 15.9 Å². The molecule has 6 heteroatoms. The van der Waals surface area contributed by atoms with Crippen molar-refractivity contribution in [2.45, 2.75) is 0 Å². The summed E-state index contributed by atoms with van der Waals surface area (Å²) in [5, 5.41) is 2.50. The molecular weight excluding hydrogens is 292 g/mol. The Morgan fingerprint density at radius 1 is 1.00 bits per heavy atom. The van der Waals surface area contributed by atoms with Gasteiger partial charge in [0.2, 0.25) is 0 Å². The van der Waals surface area contributed by atoms with Crippen LogP contribution in [0, 0.1) is 0 Å². The van der Waals surface area contributed by atoms with Gasteiger partial charge in [-0.15, -0.1) is 0 Å². The highest BCUT2D eigenvalue weighted by atomic mass is 16.2. The van der Waals surface area contributed by atoms with Crippen molar-refractivity contribution >= 4 is 17.4 Å². The normalized spacial score (nSPS) is 10.3. The number of H-pyrrole nitrogens is 1. The maximum atomic E-state index is 12.2. The van der Waals surface area contributed by atoms with Crippen molar-refractivity contribution in [2.75, 3.05) is 11.1 Å². The largest absolute Gasteiger partial charge is 0.382 e. The Kier molecular flexibility index (Phi) is 3.88. The Morgan fingerprint density at radius 2 is 1.61 bits per heavy atom. The molecule has 1 heterocycles. The van der Waals surface area contributed by atoms with E-state index in [0.29, 0.717) is 11.4 Å². The number of amides is 1. The molecule has 0 aliphatic rings. The van der Waals surface area contributed by atoms with Crippen molar-refractivity contribution in [1.82, 2.24) is 9.97 Å². The van der Waals surface area contributed by atoms with Crippen molar-refractivity contribution in [3.05, 3.63) is 76.6 Å². The minimum Gasteiger partial charge on any atom is -0.382 e. The second-order valence-electron chi connectivity index (χ2n) is 4.86. The zero-order chi connectivity index (χ0) is 16.2. The van der Waals surface area contributed by atoms with E-state index in [-0.39, 0.29) is 11.5 Å². The van der Waals surface area contributed by atoms with Crippen molar-refractivity contribution in [3.8, 4) is 11.4 Å². The fourth-order valence-corrected chi connectivity index (χ4v) is 2.12. The van der Waals surface area contributed by atoms with Crippen LogP contribution in [-0.2, 0) is 0 Å². The first-order valence-electron chi connectivity index (χ1n) is 6.97. The molecule has 6 nitrogen and oxygen atoms in total. The number of nitrogens with zero attached hydrogens (tertiary/aromatic N) is 1. The van der Waals surface area contributed by atoms with Crippen molar-refractivity contribution in [2.24, 2.45) is 0 Å². The van der Waals surface area contributed by atoms with Crippen molar-refractivity contribution in [3.63, 3.8) is 0 Å². The lowest BCUT2D eigenvalue weighted by molar-refractivity contribution is 0.102. The number of anilines is 2. The number of nitrogen functional groups attached to an aromatic ring is 1. The number of hydrogen-bond acceptors (Lipinski definition) is 4. The van der Waals surface area contributed by atoms with Crippen LogP contribution >= 0.6 is 0 Å². The molecule has 3 rings (SSSR count). The molecule has 1 amide bonds. The number of aromatic nitrogens is 2. The molecule has 0 atom stereocenters. The molecule has 0 fully saturated rings. The Morgan fingerprint density at radius 3 is 2.22 bits per heavy atom. The molecule has 0 unspecified atom stereocenters. The maximum absolute atomic E-state index is 12.2. The molecule has 0 spiro atoms. The predicted molar refractivity (Wildman–Crippen MR) is 89.1 cm³/mol. The molecule has 0 aliphatic carbocycles. The van der Waals surface area contributed by atoms with Gasteiger partial charge in [-0.25, -0.2) is 4.98 Å². The van der Waals surface area contributed by atoms with Crippen LogP contribution in [0.1, 0.15) is 10.4 Å². The summed E-state index contributed by atoms with van der Waals surface area (Å²) in [6.07, 6.45) is 0. The van der Waals surface area contributed by atoms with Crippen molar-refractivity contribution < 1.29 is 4.79 Å². The standard InChI is InChI=1S/C17H14N4O2/c18-14-13(19-16(22)12-9-5-2-6-10-12)17(23)21-15(20-14)11-7-3-1-4-8-11/h1-10H,(H,19,22)(H3,18,20,21,23). The van der Waals surface area contributed by atoms with E-state index in [9.17, 15) is 9.59 Å². The molecular formula is C17H14N4O2. The van der Waals surface area contributed by atoms with E-state index in [0.717, 1.165) is 5.56 Å². The molecule has 23 heavy (non-hydrogen) atoms. The lowest BCUT2D eigenvalue weighted by Crippen LogP contribution is -2.23. The molecule has 0 saturated heterocycles. The molecule has 0 saturated carbocycles. The van der Waals surface area contributed by atoms with E-state index in [2.05, 4.69) is 15.3 Å². The number of hydrogen-bond donors (Lipinski definition) is 3. The first-order chi connectivity index (χ1) is 11.1. The third kappa shape index (κ3) is 3.11. The summed E-state index contributed by atoms with van der Waals surface area (Å²) in [6.45, 7) is 0. The van der Waals surface area contributed by atoms with E-state index >= 15 is 0 Å². The molecule has 0 bridgehead atoms. The third-order valence-corrected chi connectivity index (χ3v) is 3.27. The van der Waals surface area contributed by atoms with Crippen molar-refractivity contribution in [1.29, 1.82) is 0 Å². The zero-order valence-corrected chi connectivity index (χ0v) is 12.1. The number of carbonyl (C=O) groups excluding carboxylic acids is 1. The van der Waals surface area contributed by atoms with Gasteiger partial charge in [-0.1, -0.05) is 48.5 Å². The fraction of sp³-hybridized carbons (Fsp3) is 0. The lowest BCUT2D eigenvalue weighted by atomic mass is 10.2. The van der Waals surface area contributed by atoms with Crippen LogP contribution in [0.15, 0.2) is 65.5 Å². The second kappa shape index (κ2) is 6.15. The summed E-state index contributed by atoms with van der Waals surface area (Å²) in [7, 11) is 0. The van der Waals surface area contributed by atoms with Crippen LogP contribution in [0.4, 0.5) is 11.5 Å². The topological polar surface area (TPSA) is 101 Å². The molecule has 2 aromatic carbocycles. The Labute approximate surface area is 132 Å². The van der Waals surface area contributed by atoms with E-state index in [4.69, 9.17) is 5.73 Å². The van der Waals surface area contributed by atoms with Gasteiger partial charge in [0, 0.05) is 11.1 Å². The van der Waals surface area contributed by atoms with Crippen LogP contribution in [0.25, 0.3) is 11.4 Å². The number of aromatic amines is 1. The number of carbonyl (C=O) groups is 1. The van der Waals surface area contributed by atoms with Gasteiger partial charge in [0.05, 0.1) is 0 Å². The number of benzene rings is 2. The smallest absolute Gasteiger partial charge is 0.277 e.